The molecule has 7 nitrogen and oxygen atoms in total. The van der Waals surface area contributed by atoms with Gasteiger partial charge in [0.2, 0.25) is 15.9 Å². The van der Waals surface area contributed by atoms with E-state index < -0.39 is 22.0 Å². The normalized spacial score (nSPS) is 13.3. The van der Waals surface area contributed by atoms with Gasteiger partial charge < -0.3 is 14.8 Å². The molecule has 1 amide bonds. The summed E-state index contributed by atoms with van der Waals surface area (Å²) in [5.41, 5.74) is 4.71. The van der Waals surface area contributed by atoms with Crippen LogP contribution in [0.3, 0.4) is 0 Å². The summed E-state index contributed by atoms with van der Waals surface area (Å²) in [6.45, 7) is 9.53. The molecule has 0 spiro atoms. The molecular formula is C23H32N2O5S. The minimum Gasteiger partial charge on any atom is -0.493 e. The summed E-state index contributed by atoms with van der Waals surface area (Å²) in [7, 11) is -0.785. The number of anilines is 1. The molecule has 31 heavy (non-hydrogen) atoms. The summed E-state index contributed by atoms with van der Waals surface area (Å²) in [5, 5.41) is 2.96. The van der Waals surface area contributed by atoms with Gasteiger partial charge in [-0.2, -0.15) is 0 Å². The van der Waals surface area contributed by atoms with Crippen LogP contribution in [0.4, 0.5) is 5.69 Å². The summed E-state index contributed by atoms with van der Waals surface area (Å²) in [4.78, 5) is 13.1. The Kier molecular flexibility index (Phi) is 7.59. The first-order chi connectivity index (χ1) is 14.4. The summed E-state index contributed by atoms with van der Waals surface area (Å²) in [6.07, 6.45) is 1.07. The number of nitrogens with zero attached hydrogens (tertiary/aromatic N) is 1. The van der Waals surface area contributed by atoms with Crippen molar-refractivity contribution in [3.63, 3.8) is 0 Å². The molecule has 0 saturated carbocycles. The van der Waals surface area contributed by atoms with Crippen LogP contribution in [0.15, 0.2) is 30.3 Å². The lowest BCUT2D eigenvalue weighted by Crippen LogP contribution is -2.48. The van der Waals surface area contributed by atoms with E-state index in [1.807, 2.05) is 27.7 Å². The fourth-order valence-corrected chi connectivity index (χ4v) is 4.80. The zero-order chi connectivity index (χ0) is 23.5. The lowest BCUT2D eigenvalue weighted by molar-refractivity contribution is -0.122. The average Bonchev–Trinajstić information content (AvgIpc) is 2.69. The van der Waals surface area contributed by atoms with E-state index in [1.54, 1.807) is 25.1 Å². The third kappa shape index (κ3) is 5.50. The van der Waals surface area contributed by atoms with Gasteiger partial charge in [-0.25, -0.2) is 8.42 Å². The molecule has 0 saturated heterocycles. The molecule has 2 aromatic rings. The maximum atomic E-state index is 13.1. The van der Waals surface area contributed by atoms with Gasteiger partial charge in [0.15, 0.2) is 11.5 Å². The third-order valence-electron chi connectivity index (χ3n) is 5.42. The summed E-state index contributed by atoms with van der Waals surface area (Å²) < 4.78 is 36.8. The Morgan fingerprint density at radius 2 is 1.52 bits per heavy atom. The molecule has 0 heterocycles. The number of ether oxygens (including phenoxy) is 2. The third-order valence-corrected chi connectivity index (χ3v) is 6.66. The minimum absolute atomic E-state index is 0.277. The number of nitrogens with one attached hydrogen (secondary N) is 1. The fraction of sp³-hybridized carbons (Fsp3) is 0.435. The number of sulfonamides is 1. The Balaban J connectivity index is 2.35. The molecule has 2 atom stereocenters. The molecule has 0 radical (unpaired) electrons. The molecule has 170 valence electrons. The number of benzene rings is 2. The number of hydrogen-bond acceptors (Lipinski definition) is 5. The molecule has 0 fully saturated rings. The zero-order valence-corrected chi connectivity index (χ0v) is 20.3. The van der Waals surface area contributed by atoms with E-state index in [9.17, 15) is 13.2 Å². The second-order valence-corrected chi connectivity index (χ2v) is 9.66. The van der Waals surface area contributed by atoms with Crippen molar-refractivity contribution in [1.29, 1.82) is 0 Å². The lowest BCUT2D eigenvalue weighted by Gasteiger charge is -2.30. The first-order valence-electron chi connectivity index (χ1n) is 10.00. The second-order valence-electron chi connectivity index (χ2n) is 7.80. The van der Waals surface area contributed by atoms with Crippen LogP contribution in [0, 0.1) is 20.8 Å². The van der Waals surface area contributed by atoms with Crippen LogP contribution >= 0.6 is 0 Å². The molecule has 0 aliphatic rings. The Labute approximate surface area is 185 Å². The van der Waals surface area contributed by atoms with Gasteiger partial charge in [-0.05, 0) is 69.0 Å². The molecular weight excluding hydrogens is 416 g/mol. The SMILES string of the molecule is COc1ccc(N([C@@H](C)C(=O)N[C@@H](C)c2cc(C)c(C)cc2C)S(C)(=O)=O)cc1OC. The van der Waals surface area contributed by atoms with Gasteiger partial charge in [0.25, 0.3) is 0 Å². The van der Waals surface area contributed by atoms with Gasteiger partial charge in [0.05, 0.1) is 32.2 Å². The Bertz CT molecular complexity index is 1070. The number of carbonyl (C=O) groups is 1. The smallest absolute Gasteiger partial charge is 0.244 e. The van der Waals surface area contributed by atoms with Gasteiger partial charge in [0, 0.05) is 6.07 Å². The Morgan fingerprint density at radius 1 is 0.935 bits per heavy atom. The Morgan fingerprint density at radius 3 is 2.06 bits per heavy atom. The number of hydrogen-bond donors (Lipinski definition) is 1. The number of methoxy groups -OCH3 is 2. The lowest BCUT2D eigenvalue weighted by atomic mass is 9.96. The van der Waals surface area contributed by atoms with E-state index in [0.717, 1.165) is 27.3 Å². The van der Waals surface area contributed by atoms with Gasteiger partial charge in [0.1, 0.15) is 6.04 Å². The van der Waals surface area contributed by atoms with Crippen LogP contribution in [-0.2, 0) is 14.8 Å². The maximum absolute atomic E-state index is 13.1. The van der Waals surface area contributed by atoms with Crippen LogP contribution in [0.1, 0.15) is 42.1 Å². The van der Waals surface area contributed by atoms with Crippen molar-refractivity contribution in [3.8, 4) is 11.5 Å². The molecule has 0 bridgehead atoms. The first kappa shape index (κ1) is 24.5. The second kappa shape index (κ2) is 9.60. The van der Waals surface area contributed by atoms with Crippen molar-refractivity contribution in [1.82, 2.24) is 5.32 Å². The number of aryl methyl sites for hydroxylation is 3. The van der Waals surface area contributed by atoms with Crippen LogP contribution in [0.5, 0.6) is 11.5 Å². The van der Waals surface area contributed by atoms with Gasteiger partial charge in [-0.3, -0.25) is 9.10 Å². The largest absolute Gasteiger partial charge is 0.493 e. The molecule has 0 aliphatic carbocycles. The molecule has 0 aliphatic heterocycles. The molecule has 0 unspecified atom stereocenters. The molecule has 1 N–H and O–H groups in total. The highest BCUT2D eigenvalue weighted by Crippen LogP contribution is 2.33. The predicted octanol–water partition coefficient (Wildman–Crippen LogP) is 3.66. The van der Waals surface area contributed by atoms with E-state index >= 15 is 0 Å². The van der Waals surface area contributed by atoms with Crippen LogP contribution in [0.2, 0.25) is 0 Å². The monoisotopic (exact) mass is 448 g/mol. The molecule has 2 aromatic carbocycles. The van der Waals surface area contributed by atoms with E-state index in [1.165, 1.54) is 19.8 Å². The quantitative estimate of drug-likeness (QED) is 0.666. The summed E-state index contributed by atoms with van der Waals surface area (Å²) in [6, 6.07) is 7.64. The van der Waals surface area contributed by atoms with Gasteiger partial charge in [-0.15, -0.1) is 0 Å². The zero-order valence-electron chi connectivity index (χ0n) is 19.4. The number of rotatable bonds is 8. The van der Waals surface area contributed by atoms with E-state index in [-0.39, 0.29) is 6.04 Å². The van der Waals surface area contributed by atoms with Crippen LogP contribution in [0.25, 0.3) is 0 Å². The molecule has 8 heteroatoms. The van der Waals surface area contributed by atoms with Crippen molar-refractivity contribution in [2.24, 2.45) is 0 Å². The van der Waals surface area contributed by atoms with E-state index in [4.69, 9.17) is 9.47 Å². The highest BCUT2D eigenvalue weighted by atomic mass is 32.2. The van der Waals surface area contributed by atoms with Crippen molar-refractivity contribution in [2.75, 3.05) is 24.8 Å². The van der Waals surface area contributed by atoms with E-state index in [0.29, 0.717) is 17.2 Å². The highest BCUT2D eigenvalue weighted by molar-refractivity contribution is 7.92. The maximum Gasteiger partial charge on any atom is 0.244 e. The van der Waals surface area contributed by atoms with Crippen molar-refractivity contribution in [2.45, 2.75) is 46.7 Å². The average molecular weight is 449 g/mol. The van der Waals surface area contributed by atoms with Gasteiger partial charge >= 0.3 is 0 Å². The topological polar surface area (TPSA) is 84.9 Å². The number of amides is 1. The van der Waals surface area contributed by atoms with Crippen molar-refractivity contribution in [3.05, 3.63) is 52.6 Å². The molecule has 0 aromatic heterocycles. The summed E-state index contributed by atoms with van der Waals surface area (Å²) >= 11 is 0. The number of carbonyl (C=O) groups excluding carboxylic acids is 1. The fourth-order valence-electron chi connectivity index (χ4n) is 3.63. The standard InChI is InChI=1S/C23H32N2O5S/c1-14-11-16(3)20(12-15(14)2)17(4)24-23(26)18(5)25(31(8,27)28)19-9-10-21(29-6)22(13-19)30-7/h9-13,17-18H,1-8H3,(H,24,26)/t17-,18-/m0/s1. The minimum atomic E-state index is -3.75. The molecule has 2 rings (SSSR count). The predicted molar refractivity (Wildman–Crippen MR) is 124 cm³/mol. The highest BCUT2D eigenvalue weighted by Gasteiger charge is 2.30. The summed E-state index contributed by atoms with van der Waals surface area (Å²) in [5.74, 6) is 0.446. The van der Waals surface area contributed by atoms with E-state index in [2.05, 4.69) is 17.4 Å². The van der Waals surface area contributed by atoms with Crippen LogP contribution < -0.4 is 19.1 Å². The Hall–Kier alpha value is -2.74. The van der Waals surface area contributed by atoms with Crippen LogP contribution in [-0.4, -0.2) is 40.8 Å². The van der Waals surface area contributed by atoms with Crippen molar-refractivity contribution >= 4 is 21.6 Å². The first-order valence-corrected chi connectivity index (χ1v) is 11.8. The van der Waals surface area contributed by atoms with Crippen molar-refractivity contribution < 1.29 is 22.7 Å². The van der Waals surface area contributed by atoms with Gasteiger partial charge in [-0.1, -0.05) is 12.1 Å².